The maximum Gasteiger partial charge on any atom is 0.119 e. The molecular formula is C20H30O4. The lowest BCUT2D eigenvalue weighted by atomic mass is 9.77. The second kappa shape index (κ2) is 9.52. The first-order valence-corrected chi connectivity index (χ1v) is 9.38. The van der Waals surface area contributed by atoms with Crippen molar-refractivity contribution in [1.82, 2.24) is 0 Å². The number of ether oxygens (including phenoxy) is 4. The molecular weight excluding hydrogens is 304 g/mol. The first kappa shape index (κ1) is 17.9. The molecule has 1 saturated carbocycles. The van der Waals surface area contributed by atoms with Gasteiger partial charge in [0.1, 0.15) is 5.60 Å². The summed E-state index contributed by atoms with van der Waals surface area (Å²) in [6.07, 6.45) is 6.43. The fourth-order valence-corrected chi connectivity index (χ4v) is 3.75. The van der Waals surface area contributed by atoms with Crippen molar-refractivity contribution in [3.05, 3.63) is 35.9 Å². The van der Waals surface area contributed by atoms with E-state index in [9.17, 15) is 0 Å². The molecule has 4 heteroatoms. The lowest BCUT2D eigenvalue weighted by Gasteiger charge is -2.44. The summed E-state index contributed by atoms with van der Waals surface area (Å²) in [5.74, 6) is 0. The molecule has 0 bridgehead atoms. The van der Waals surface area contributed by atoms with Gasteiger partial charge in [-0.05, 0) is 31.2 Å². The number of hydrogen-bond acceptors (Lipinski definition) is 4. The maximum absolute atomic E-state index is 6.53. The van der Waals surface area contributed by atoms with Gasteiger partial charge in [0, 0.05) is 19.8 Å². The molecule has 1 saturated heterocycles. The molecule has 0 amide bonds. The molecule has 0 unspecified atom stereocenters. The average Bonchev–Trinajstić information content (AvgIpc) is 2.64. The molecule has 134 valence electrons. The van der Waals surface area contributed by atoms with Crippen molar-refractivity contribution in [2.24, 2.45) is 0 Å². The Morgan fingerprint density at radius 1 is 0.750 bits per heavy atom. The molecule has 1 aromatic rings. The summed E-state index contributed by atoms with van der Waals surface area (Å²) >= 11 is 0. The van der Waals surface area contributed by atoms with Crippen LogP contribution in [0.3, 0.4) is 0 Å². The van der Waals surface area contributed by atoms with E-state index in [-0.39, 0.29) is 11.7 Å². The van der Waals surface area contributed by atoms with E-state index in [1.165, 1.54) is 18.4 Å². The molecule has 0 spiro atoms. The highest BCUT2D eigenvalue weighted by Gasteiger charge is 2.44. The van der Waals surface area contributed by atoms with Crippen molar-refractivity contribution in [2.45, 2.75) is 50.2 Å². The summed E-state index contributed by atoms with van der Waals surface area (Å²) in [6, 6.07) is 10.6. The van der Waals surface area contributed by atoms with Crippen LogP contribution in [0, 0.1) is 0 Å². The third kappa shape index (κ3) is 4.57. The second-order valence-electron chi connectivity index (χ2n) is 6.64. The Hall–Kier alpha value is -0.940. The van der Waals surface area contributed by atoms with Crippen molar-refractivity contribution < 1.29 is 18.9 Å². The molecule has 1 aromatic carbocycles. The van der Waals surface area contributed by atoms with Gasteiger partial charge in [0.15, 0.2) is 0 Å². The van der Waals surface area contributed by atoms with Crippen molar-refractivity contribution in [1.29, 1.82) is 0 Å². The molecule has 2 atom stereocenters. The Labute approximate surface area is 145 Å². The van der Waals surface area contributed by atoms with E-state index in [0.717, 1.165) is 45.5 Å². The Bertz CT molecular complexity index is 464. The van der Waals surface area contributed by atoms with Crippen LogP contribution in [0.2, 0.25) is 0 Å². The minimum Gasteiger partial charge on any atom is -0.379 e. The summed E-state index contributed by atoms with van der Waals surface area (Å²) in [5.41, 5.74) is 0.934. The normalized spacial score (nSPS) is 30.9. The minimum atomic E-state index is -0.315. The van der Waals surface area contributed by atoms with Crippen LogP contribution in [-0.4, -0.2) is 45.7 Å². The number of rotatable bonds is 1. The highest BCUT2D eigenvalue weighted by atomic mass is 16.6. The monoisotopic (exact) mass is 334 g/mol. The van der Waals surface area contributed by atoms with E-state index >= 15 is 0 Å². The first-order valence-electron chi connectivity index (χ1n) is 9.38. The summed E-state index contributed by atoms with van der Waals surface area (Å²) in [5, 5.41) is 0. The molecule has 1 aliphatic carbocycles. The minimum absolute atomic E-state index is 0.123. The summed E-state index contributed by atoms with van der Waals surface area (Å²) < 4.78 is 24.0. The molecule has 0 N–H and O–H groups in total. The van der Waals surface area contributed by atoms with Crippen LogP contribution in [0.15, 0.2) is 30.3 Å². The van der Waals surface area contributed by atoms with Gasteiger partial charge in [-0.3, -0.25) is 0 Å². The molecule has 0 aromatic heterocycles. The van der Waals surface area contributed by atoms with Crippen LogP contribution in [0.4, 0.5) is 0 Å². The van der Waals surface area contributed by atoms with Crippen LogP contribution in [0.25, 0.3) is 0 Å². The van der Waals surface area contributed by atoms with Gasteiger partial charge in [-0.25, -0.2) is 0 Å². The Kier molecular flexibility index (Phi) is 7.09. The third-order valence-corrected chi connectivity index (χ3v) is 4.96. The smallest absolute Gasteiger partial charge is 0.119 e. The molecule has 3 rings (SSSR count). The van der Waals surface area contributed by atoms with Crippen molar-refractivity contribution >= 4 is 0 Å². The van der Waals surface area contributed by atoms with Gasteiger partial charge in [0.25, 0.3) is 0 Å². The van der Waals surface area contributed by atoms with Crippen LogP contribution in [-0.2, 0) is 24.5 Å². The Morgan fingerprint density at radius 3 is 2.29 bits per heavy atom. The Morgan fingerprint density at radius 2 is 1.50 bits per heavy atom. The van der Waals surface area contributed by atoms with Gasteiger partial charge in [-0.15, -0.1) is 0 Å². The fourth-order valence-electron chi connectivity index (χ4n) is 3.75. The van der Waals surface area contributed by atoms with E-state index in [1.807, 2.05) is 0 Å². The zero-order valence-electron chi connectivity index (χ0n) is 14.6. The van der Waals surface area contributed by atoms with Gasteiger partial charge >= 0.3 is 0 Å². The molecule has 2 aliphatic rings. The highest BCUT2D eigenvalue weighted by Crippen LogP contribution is 2.42. The first-order chi connectivity index (χ1) is 11.9. The van der Waals surface area contributed by atoms with Crippen LogP contribution in [0.1, 0.15) is 44.1 Å². The lowest BCUT2D eigenvalue weighted by Crippen LogP contribution is -2.46. The summed E-state index contributed by atoms with van der Waals surface area (Å²) in [6.45, 7) is 4.21. The van der Waals surface area contributed by atoms with Gasteiger partial charge in [0.05, 0.1) is 25.9 Å². The summed E-state index contributed by atoms with van der Waals surface area (Å²) in [7, 11) is 0. The number of benzene rings is 1. The van der Waals surface area contributed by atoms with Gasteiger partial charge in [-0.2, -0.15) is 0 Å². The fraction of sp³-hybridized carbons (Fsp3) is 0.700. The second-order valence-corrected chi connectivity index (χ2v) is 6.64. The van der Waals surface area contributed by atoms with Crippen molar-refractivity contribution in [2.75, 3.05) is 39.6 Å². The lowest BCUT2D eigenvalue weighted by molar-refractivity contribution is -0.176. The standard InChI is InChI=1S/C20H30O4/c1-2-8-18(9-3-1)20-11-5-4-10-19(20)23-14-6-12-21-16-17-22-13-7-15-24-20/h1-3,8-9,19H,4-7,10-17H2/t19-,20-/m1/s1. The molecule has 24 heavy (non-hydrogen) atoms. The quantitative estimate of drug-likeness (QED) is 0.785. The van der Waals surface area contributed by atoms with Gasteiger partial charge < -0.3 is 18.9 Å². The highest BCUT2D eigenvalue weighted by molar-refractivity contribution is 5.25. The van der Waals surface area contributed by atoms with Gasteiger partial charge in [-0.1, -0.05) is 43.2 Å². The molecule has 1 aliphatic heterocycles. The molecule has 2 fully saturated rings. The topological polar surface area (TPSA) is 36.9 Å². The van der Waals surface area contributed by atoms with Gasteiger partial charge in [0.2, 0.25) is 0 Å². The number of hydrogen-bond donors (Lipinski definition) is 0. The van der Waals surface area contributed by atoms with E-state index in [0.29, 0.717) is 19.8 Å². The van der Waals surface area contributed by atoms with E-state index in [2.05, 4.69) is 30.3 Å². The Balaban J connectivity index is 1.77. The van der Waals surface area contributed by atoms with Crippen LogP contribution < -0.4 is 0 Å². The maximum atomic E-state index is 6.53. The van der Waals surface area contributed by atoms with Crippen molar-refractivity contribution in [3.63, 3.8) is 0 Å². The zero-order valence-corrected chi connectivity index (χ0v) is 14.6. The molecule has 4 nitrogen and oxygen atoms in total. The van der Waals surface area contributed by atoms with Crippen LogP contribution >= 0.6 is 0 Å². The third-order valence-electron chi connectivity index (χ3n) is 4.96. The zero-order chi connectivity index (χ0) is 16.5. The van der Waals surface area contributed by atoms with E-state index in [4.69, 9.17) is 18.9 Å². The van der Waals surface area contributed by atoms with Crippen LogP contribution in [0.5, 0.6) is 0 Å². The average molecular weight is 334 g/mol. The van der Waals surface area contributed by atoms with E-state index < -0.39 is 0 Å². The summed E-state index contributed by atoms with van der Waals surface area (Å²) in [4.78, 5) is 0. The van der Waals surface area contributed by atoms with Crippen molar-refractivity contribution in [3.8, 4) is 0 Å². The predicted molar refractivity (Wildman–Crippen MR) is 93.2 cm³/mol. The number of fused-ring (bicyclic) bond motifs is 1. The molecule has 1 heterocycles. The molecule has 0 radical (unpaired) electrons. The largest absolute Gasteiger partial charge is 0.379 e. The predicted octanol–water partition coefficient (Wildman–Crippen LogP) is 3.68. The SMILES string of the molecule is c1ccc([C@]23CCCC[C@H]2OCCCOCCOCCCO3)cc1. The van der Waals surface area contributed by atoms with E-state index in [1.54, 1.807) is 0 Å².